The van der Waals surface area contributed by atoms with Gasteiger partial charge in [0.1, 0.15) is 11.9 Å². The number of piperazine rings is 1. The Hall–Kier alpha value is -1.11. The second kappa shape index (κ2) is 8.52. The molecule has 138 valence electrons. The summed E-state index contributed by atoms with van der Waals surface area (Å²) < 4.78 is 13.6. The number of carbonyl (C=O) groups excluding carboxylic acids is 1. The molecule has 6 heteroatoms. The third kappa shape index (κ3) is 4.54. The Morgan fingerprint density at radius 3 is 2.48 bits per heavy atom. The topological polar surface area (TPSA) is 26.8 Å². The molecule has 3 rings (SSSR count). The fraction of sp³-hybridized carbons (Fsp3) is 0.632. The van der Waals surface area contributed by atoms with Gasteiger partial charge < -0.3 is 4.90 Å². The van der Waals surface area contributed by atoms with E-state index in [2.05, 4.69) is 4.90 Å². The molecule has 1 atom stereocenters. The predicted octanol–water partition coefficient (Wildman–Crippen LogP) is 2.47. The molecular weight excluding hydrogens is 337 g/mol. The smallest absolute Gasteiger partial charge is 0.244 e. The van der Waals surface area contributed by atoms with Crippen molar-refractivity contribution in [2.75, 3.05) is 51.8 Å². The molecule has 0 bridgehead atoms. The summed E-state index contributed by atoms with van der Waals surface area (Å²) in [6.07, 6.45) is 2.53. The van der Waals surface area contributed by atoms with Gasteiger partial charge in [0.05, 0.1) is 0 Å². The van der Waals surface area contributed by atoms with Gasteiger partial charge in [0, 0.05) is 32.2 Å². The van der Waals surface area contributed by atoms with Crippen molar-refractivity contribution >= 4 is 17.7 Å². The van der Waals surface area contributed by atoms with Gasteiger partial charge in [-0.15, -0.1) is 0 Å². The minimum atomic E-state index is -0.423. The molecule has 1 aromatic rings. The number of rotatable bonds is 4. The van der Waals surface area contributed by atoms with E-state index in [1.54, 1.807) is 6.07 Å². The van der Waals surface area contributed by atoms with E-state index >= 15 is 0 Å². The van der Waals surface area contributed by atoms with Gasteiger partial charge in [0.2, 0.25) is 5.91 Å². The first kappa shape index (κ1) is 18.7. The second-order valence-electron chi connectivity index (χ2n) is 7.13. The average molecular weight is 366 g/mol. The van der Waals surface area contributed by atoms with Gasteiger partial charge in [0.15, 0.2) is 0 Å². The van der Waals surface area contributed by atoms with E-state index in [-0.39, 0.29) is 11.7 Å². The van der Waals surface area contributed by atoms with Crippen molar-refractivity contribution in [3.63, 3.8) is 0 Å². The third-order valence-electron chi connectivity index (χ3n) is 5.25. The molecule has 2 fully saturated rings. The fourth-order valence-electron chi connectivity index (χ4n) is 3.87. The minimum absolute atomic E-state index is 0.0782. The summed E-state index contributed by atoms with van der Waals surface area (Å²) >= 11 is 2.05. The lowest BCUT2D eigenvalue weighted by Gasteiger charge is -2.42. The van der Waals surface area contributed by atoms with Crippen molar-refractivity contribution in [1.29, 1.82) is 0 Å². The van der Waals surface area contributed by atoms with Crippen LogP contribution in [0.15, 0.2) is 24.3 Å². The van der Waals surface area contributed by atoms with Crippen molar-refractivity contribution in [2.24, 2.45) is 0 Å². The maximum atomic E-state index is 13.6. The first-order valence-corrected chi connectivity index (χ1v) is 10.2. The van der Waals surface area contributed by atoms with E-state index in [1.807, 2.05) is 41.7 Å². The summed E-state index contributed by atoms with van der Waals surface area (Å²) in [6, 6.07) is 6.66. The van der Waals surface area contributed by atoms with Gasteiger partial charge in [0.25, 0.3) is 0 Å². The SMILES string of the molecule is CN(C)C(C(=O)N1CCN(C2CCSCC2)CC1)c1cccc(F)c1. The van der Waals surface area contributed by atoms with E-state index < -0.39 is 6.04 Å². The zero-order valence-electron chi connectivity index (χ0n) is 15.2. The monoisotopic (exact) mass is 365 g/mol. The standard InChI is InChI=1S/C19H28FN3OS/c1-21(2)18(15-4-3-5-16(20)14-15)19(24)23-10-8-22(9-11-23)17-6-12-25-13-7-17/h3-5,14,17-18H,6-13H2,1-2H3. The number of benzene rings is 1. The summed E-state index contributed by atoms with van der Waals surface area (Å²) in [7, 11) is 3.76. The number of likely N-dealkylation sites (N-methyl/N-ethyl adjacent to an activating group) is 1. The zero-order chi connectivity index (χ0) is 17.8. The predicted molar refractivity (Wildman–Crippen MR) is 101 cm³/mol. The summed E-state index contributed by atoms with van der Waals surface area (Å²) in [5.41, 5.74) is 0.724. The highest BCUT2D eigenvalue weighted by Gasteiger charge is 2.32. The number of nitrogens with zero attached hydrogens (tertiary/aromatic N) is 3. The van der Waals surface area contributed by atoms with Gasteiger partial charge in [-0.2, -0.15) is 11.8 Å². The Morgan fingerprint density at radius 2 is 1.88 bits per heavy atom. The van der Waals surface area contributed by atoms with E-state index in [0.717, 1.165) is 31.7 Å². The molecule has 0 aromatic heterocycles. The van der Waals surface area contributed by atoms with Crippen molar-refractivity contribution in [3.8, 4) is 0 Å². The van der Waals surface area contributed by atoms with E-state index in [1.165, 1.54) is 36.5 Å². The van der Waals surface area contributed by atoms with Gasteiger partial charge in [-0.1, -0.05) is 12.1 Å². The van der Waals surface area contributed by atoms with Crippen molar-refractivity contribution < 1.29 is 9.18 Å². The van der Waals surface area contributed by atoms with Crippen LogP contribution in [0, 0.1) is 5.82 Å². The maximum absolute atomic E-state index is 13.6. The molecule has 25 heavy (non-hydrogen) atoms. The fourth-order valence-corrected chi connectivity index (χ4v) is 4.95. The van der Waals surface area contributed by atoms with Crippen LogP contribution >= 0.6 is 11.8 Å². The number of halogens is 1. The first-order chi connectivity index (χ1) is 12.1. The Balaban J connectivity index is 1.63. The molecule has 2 aliphatic rings. The lowest BCUT2D eigenvalue weighted by molar-refractivity contribution is -0.138. The van der Waals surface area contributed by atoms with Crippen LogP contribution in [0.5, 0.6) is 0 Å². The average Bonchev–Trinajstić information content (AvgIpc) is 2.62. The minimum Gasteiger partial charge on any atom is -0.338 e. The lowest BCUT2D eigenvalue weighted by Crippen LogP contribution is -2.54. The molecule has 2 saturated heterocycles. The molecule has 0 spiro atoms. The van der Waals surface area contributed by atoms with Crippen LogP contribution in [0.3, 0.4) is 0 Å². The summed E-state index contributed by atoms with van der Waals surface area (Å²) in [4.78, 5) is 19.5. The largest absolute Gasteiger partial charge is 0.338 e. The second-order valence-corrected chi connectivity index (χ2v) is 8.35. The highest BCUT2D eigenvalue weighted by Crippen LogP contribution is 2.25. The number of amides is 1. The molecule has 4 nitrogen and oxygen atoms in total. The summed E-state index contributed by atoms with van der Waals surface area (Å²) in [5.74, 6) is 2.30. The van der Waals surface area contributed by atoms with Crippen LogP contribution in [0.2, 0.25) is 0 Å². The van der Waals surface area contributed by atoms with Gasteiger partial charge >= 0.3 is 0 Å². The number of hydrogen-bond donors (Lipinski definition) is 0. The van der Waals surface area contributed by atoms with E-state index in [4.69, 9.17) is 0 Å². The lowest BCUT2D eigenvalue weighted by atomic mass is 10.0. The Bertz CT molecular complexity index is 584. The van der Waals surface area contributed by atoms with Crippen molar-refractivity contribution in [2.45, 2.75) is 24.9 Å². The molecule has 2 aliphatic heterocycles. The van der Waals surface area contributed by atoms with Crippen LogP contribution in [0.1, 0.15) is 24.4 Å². The highest BCUT2D eigenvalue weighted by molar-refractivity contribution is 7.99. The molecule has 1 amide bonds. The van der Waals surface area contributed by atoms with Gasteiger partial charge in [-0.25, -0.2) is 4.39 Å². The summed E-state index contributed by atoms with van der Waals surface area (Å²) in [6.45, 7) is 3.43. The maximum Gasteiger partial charge on any atom is 0.244 e. The molecule has 2 heterocycles. The van der Waals surface area contributed by atoms with E-state index in [0.29, 0.717) is 6.04 Å². The molecule has 0 aliphatic carbocycles. The van der Waals surface area contributed by atoms with Crippen molar-refractivity contribution in [3.05, 3.63) is 35.6 Å². The molecule has 0 N–H and O–H groups in total. The van der Waals surface area contributed by atoms with Crippen LogP contribution in [0.25, 0.3) is 0 Å². The molecule has 1 aromatic carbocycles. The third-order valence-corrected chi connectivity index (χ3v) is 6.30. The summed E-state index contributed by atoms with van der Waals surface area (Å²) in [5, 5.41) is 0. The van der Waals surface area contributed by atoms with Gasteiger partial charge in [-0.05, 0) is 56.1 Å². The Labute approximate surface area is 154 Å². The number of carbonyl (C=O) groups is 1. The van der Waals surface area contributed by atoms with Crippen molar-refractivity contribution in [1.82, 2.24) is 14.7 Å². The Morgan fingerprint density at radius 1 is 1.20 bits per heavy atom. The molecular formula is C19H28FN3OS. The van der Waals surface area contributed by atoms with E-state index in [9.17, 15) is 9.18 Å². The first-order valence-electron chi connectivity index (χ1n) is 9.09. The molecule has 0 saturated carbocycles. The Kier molecular flexibility index (Phi) is 6.36. The number of thioether (sulfide) groups is 1. The highest BCUT2D eigenvalue weighted by atomic mass is 32.2. The van der Waals surface area contributed by atoms with Crippen LogP contribution in [-0.4, -0.2) is 78.4 Å². The van der Waals surface area contributed by atoms with Crippen LogP contribution < -0.4 is 0 Å². The van der Waals surface area contributed by atoms with Crippen LogP contribution in [0.4, 0.5) is 4.39 Å². The number of hydrogen-bond acceptors (Lipinski definition) is 4. The normalized spacial score (nSPS) is 21.5. The zero-order valence-corrected chi connectivity index (χ0v) is 16.0. The molecule has 0 radical (unpaired) electrons. The quantitative estimate of drug-likeness (QED) is 0.819. The molecule has 1 unspecified atom stereocenters. The van der Waals surface area contributed by atoms with Crippen LogP contribution in [-0.2, 0) is 4.79 Å². The van der Waals surface area contributed by atoms with Gasteiger partial charge in [-0.3, -0.25) is 14.6 Å².